The van der Waals surface area contributed by atoms with Crippen molar-refractivity contribution in [1.82, 2.24) is 4.98 Å². The minimum Gasteiger partial charge on any atom is -0.477 e. The molecule has 0 bridgehead atoms. The van der Waals surface area contributed by atoms with Crippen LogP contribution in [0.5, 0.6) is 5.88 Å². The fraction of sp³-hybridized carbons (Fsp3) is 0.455. The second kappa shape index (κ2) is 4.74. The molecule has 1 aromatic rings. The van der Waals surface area contributed by atoms with Crippen LogP contribution in [0.4, 0.5) is 0 Å². The van der Waals surface area contributed by atoms with Gasteiger partial charge in [0.2, 0.25) is 5.88 Å². The second-order valence-electron chi connectivity index (χ2n) is 3.65. The Morgan fingerprint density at radius 1 is 1.50 bits per heavy atom. The number of aryl methyl sites for hydroxylation is 1. The summed E-state index contributed by atoms with van der Waals surface area (Å²) in [7, 11) is 0. The van der Waals surface area contributed by atoms with E-state index in [1.54, 1.807) is 19.1 Å². The lowest BCUT2D eigenvalue weighted by Gasteiger charge is -2.08. The zero-order chi connectivity index (χ0) is 10.6. The van der Waals surface area contributed by atoms with Crippen LogP contribution in [0.2, 0.25) is 0 Å². The largest absolute Gasteiger partial charge is 0.477 e. The molecule has 3 heteroatoms. The van der Waals surface area contributed by atoms with Gasteiger partial charge in [-0.3, -0.25) is 4.79 Å². The molecule has 0 aliphatic heterocycles. The van der Waals surface area contributed by atoms with E-state index < -0.39 is 0 Å². The summed E-state index contributed by atoms with van der Waals surface area (Å²) >= 11 is 0. The van der Waals surface area contributed by atoms with Crippen molar-refractivity contribution in [2.45, 2.75) is 20.8 Å². The lowest BCUT2D eigenvalue weighted by atomic mass is 10.2. The Hall–Kier alpha value is -1.38. The molecule has 0 aliphatic rings. The summed E-state index contributed by atoms with van der Waals surface area (Å²) in [6.45, 7) is 6.60. The molecular formula is C11H15NO2. The molecule has 0 aromatic carbocycles. The number of hydrogen-bond acceptors (Lipinski definition) is 3. The van der Waals surface area contributed by atoms with Crippen molar-refractivity contribution < 1.29 is 9.53 Å². The van der Waals surface area contributed by atoms with Gasteiger partial charge in [-0.25, -0.2) is 4.98 Å². The molecule has 0 unspecified atom stereocenters. The Labute approximate surface area is 84.1 Å². The molecule has 1 aromatic heterocycles. The van der Waals surface area contributed by atoms with Gasteiger partial charge in [0.25, 0.3) is 0 Å². The van der Waals surface area contributed by atoms with Crippen LogP contribution in [0.3, 0.4) is 0 Å². The molecule has 76 valence electrons. The topological polar surface area (TPSA) is 39.2 Å². The fourth-order valence-electron chi connectivity index (χ4n) is 1.01. The highest BCUT2D eigenvalue weighted by Gasteiger charge is 2.02. The molecule has 14 heavy (non-hydrogen) atoms. The van der Waals surface area contributed by atoms with E-state index in [-0.39, 0.29) is 0 Å². The average Bonchev–Trinajstić information content (AvgIpc) is 2.15. The van der Waals surface area contributed by atoms with Gasteiger partial charge in [0.1, 0.15) is 0 Å². The molecule has 0 saturated carbocycles. The highest BCUT2D eigenvalue weighted by molar-refractivity contribution is 5.76. The predicted octanol–water partition coefficient (Wildman–Crippen LogP) is 2.24. The van der Waals surface area contributed by atoms with Crippen molar-refractivity contribution in [3.05, 3.63) is 23.4 Å². The highest BCUT2D eigenvalue weighted by Crippen LogP contribution is 2.11. The van der Waals surface area contributed by atoms with Gasteiger partial charge in [-0.15, -0.1) is 0 Å². The lowest BCUT2D eigenvalue weighted by Crippen LogP contribution is -2.06. The summed E-state index contributed by atoms with van der Waals surface area (Å²) in [6, 6.07) is 3.45. The Morgan fingerprint density at radius 3 is 2.71 bits per heavy atom. The first-order valence-electron chi connectivity index (χ1n) is 4.69. The van der Waals surface area contributed by atoms with E-state index in [0.717, 1.165) is 6.29 Å². The zero-order valence-electron chi connectivity index (χ0n) is 8.78. The first-order chi connectivity index (χ1) is 6.63. The Bertz CT molecular complexity index is 321. The van der Waals surface area contributed by atoms with Crippen molar-refractivity contribution in [2.75, 3.05) is 6.61 Å². The van der Waals surface area contributed by atoms with E-state index in [9.17, 15) is 4.79 Å². The second-order valence-corrected chi connectivity index (χ2v) is 3.65. The predicted molar refractivity (Wildman–Crippen MR) is 54.7 cm³/mol. The maximum absolute atomic E-state index is 10.5. The number of hydrogen-bond donors (Lipinski definition) is 0. The molecule has 0 N–H and O–H groups in total. The molecular weight excluding hydrogens is 178 g/mol. The smallest absolute Gasteiger partial charge is 0.213 e. The van der Waals surface area contributed by atoms with Gasteiger partial charge >= 0.3 is 0 Å². The van der Waals surface area contributed by atoms with Crippen LogP contribution in [0.1, 0.15) is 29.9 Å². The quantitative estimate of drug-likeness (QED) is 0.688. The molecule has 0 atom stereocenters. The standard InChI is InChI=1S/C11H15NO2/c1-8(2)7-14-11-5-4-10(6-13)9(3)12-11/h4-6,8H,7H2,1-3H3. The van der Waals surface area contributed by atoms with Gasteiger partial charge in [0.05, 0.1) is 12.3 Å². The first-order valence-corrected chi connectivity index (χ1v) is 4.69. The maximum Gasteiger partial charge on any atom is 0.213 e. The zero-order valence-corrected chi connectivity index (χ0v) is 8.78. The van der Waals surface area contributed by atoms with Gasteiger partial charge in [-0.1, -0.05) is 13.8 Å². The molecule has 0 amide bonds. The summed E-state index contributed by atoms with van der Waals surface area (Å²) in [5, 5.41) is 0. The van der Waals surface area contributed by atoms with Gasteiger partial charge in [0, 0.05) is 11.6 Å². The van der Waals surface area contributed by atoms with Crippen molar-refractivity contribution in [1.29, 1.82) is 0 Å². The first kappa shape index (κ1) is 10.7. The van der Waals surface area contributed by atoms with Crippen molar-refractivity contribution >= 4 is 6.29 Å². The molecule has 0 radical (unpaired) electrons. The summed E-state index contributed by atoms with van der Waals surface area (Å²) in [4.78, 5) is 14.7. The van der Waals surface area contributed by atoms with Crippen LogP contribution in [0.15, 0.2) is 12.1 Å². The number of rotatable bonds is 4. The monoisotopic (exact) mass is 193 g/mol. The summed E-state index contributed by atoms with van der Waals surface area (Å²) in [6.07, 6.45) is 0.800. The van der Waals surface area contributed by atoms with E-state index in [1.807, 2.05) is 0 Å². The number of aldehydes is 1. The van der Waals surface area contributed by atoms with E-state index in [2.05, 4.69) is 18.8 Å². The molecule has 0 spiro atoms. The number of ether oxygens (including phenoxy) is 1. The molecule has 3 nitrogen and oxygen atoms in total. The van der Waals surface area contributed by atoms with Crippen molar-refractivity contribution in [3.63, 3.8) is 0 Å². The van der Waals surface area contributed by atoms with E-state index in [0.29, 0.717) is 29.7 Å². The lowest BCUT2D eigenvalue weighted by molar-refractivity contribution is 0.112. The summed E-state index contributed by atoms with van der Waals surface area (Å²) in [5.74, 6) is 1.06. The van der Waals surface area contributed by atoms with E-state index in [4.69, 9.17) is 4.74 Å². The van der Waals surface area contributed by atoms with E-state index >= 15 is 0 Å². The van der Waals surface area contributed by atoms with Gasteiger partial charge < -0.3 is 4.74 Å². The van der Waals surface area contributed by atoms with Gasteiger partial charge in [0.15, 0.2) is 6.29 Å². The van der Waals surface area contributed by atoms with Crippen LogP contribution in [0, 0.1) is 12.8 Å². The Kier molecular flexibility index (Phi) is 3.63. The van der Waals surface area contributed by atoms with Gasteiger partial charge in [-0.05, 0) is 18.9 Å². The number of carbonyl (C=O) groups is 1. The normalized spacial score (nSPS) is 10.3. The van der Waals surface area contributed by atoms with Crippen LogP contribution < -0.4 is 4.74 Å². The molecule has 0 fully saturated rings. The molecule has 1 heterocycles. The minimum atomic E-state index is 0.475. The molecule has 0 aliphatic carbocycles. The van der Waals surface area contributed by atoms with Gasteiger partial charge in [-0.2, -0.15) is 0 Å². The summed E-state index contributed by atoms with van der Waals surface area (Å²) < 4.78 is 5.42. The van der Waals surface area contributed by atoms with E-state index in [1.165, 1.54) is 0 Å². The minimum absolute atomic E-state index is 0.475. The summed E-state index contributed by atoms with van der Waals surface area (Å²) in [5.41, 5.74) is 1.32. The fourth-order valence-corrected chi connectivity index (χ4v) is 1.01. The van der Waals surface area contributed by atoms with Crippen LogP contribution in [-0.4, -0.2) is 17.9 Å². The molecule has 0 saturated heterocycles. The highest BCUT2D eigenvalue weighted by atomic mass is 16.5. The number of aromatic nitrogens is 1. The SMILES string of the molecule is Cc1nc(OCC(C)C)ccc1C=O. The van der Waals surface area contributed by atoms with Crippen LogP contribution in [0.25, 0.3) is 0 Å². The van der Waals surface area contributed by atoms with Crippen LogP contribution in [-0.2, 0) is 0 Å². The van der Waals surface area contributed by atoms with Crippen molar-refractivity contribution in [3.8, 4) is 5.88 Å². The third kappa shape index (κ3) is 2.83. The third-order valence-electron chi connectivity index (χ3n) is 1.79. The van der Waals surface area contributed by atoms with Crippen LogP contribution >= 0.6 is 0 Å². The number of nitrogens with zero attached hydrogens (tertiary/aromatic N) is 1. The average molecular weight is 193 g/mol. The Balaban J connectivity index is 2.71. The van der Waals surface area contributed by atoms with Crippen molar-refractivity contribution in [2.24, 2.45) is 5.92 Å². The number of pyridine rings is 1. The third-order valence-corrected chi connectivity index (χ3v) is 1.79. The molecule has 1 rings (SSSR count). The maximum atomic E-state index is 10.5. The Morgan fingerprint density at radius 2 is 2.21 bits per heavy atom. The number of carbonyl (C=O) groups excluding carboxylic acids is 1.